The van der Waals surface area contributed by atoms with E-state index in [4.69, 9.17) is 26.2 Å². The Morgan fingerprint density at radius 1 is 1.47 bits per heavy atom. The molecular weight excluding hydrogens is 244 g/mol. The Morgan fingerprint density at radius 3 is 2.59 bits per heavy atom. The second-order valence-corrected chi connectivity index (χ2v) is 4.10. The molecule has 17 heavy (non-hydrogen) atoms. The maximum atomic E-state index is 11.2. The van der Waals surface area contributed by atoms with Crippen LogP contribution in [-0.4, -0.2) is 31.9 Å². The van der Waals surface area contributed by atoms with Crippen LogP contribution in [0.4, 0.5) is 0 Å². The zero-order valence-corrected chi connectivity index (χ0v) is 10.7. The summed E-state index contributed by atoms with van der Waals surface area (Å²) in [6, 6.07) is 3.34. The maximum absolute atomic E-state index is 11.2. The van der Waals surface area contributed by atoms with Crippen molar-refractivity contribution in [1.29, 1.82) is 0 Å². The molecule has 1 N–H and O–H groups in total. The van der Waals surface area contributed by atoms with Crippen LogP contribution >= 0.6 is 11.6 Å². The molecule has 0 aliphatic rings. The number of carboxylic acid groups (broad SMARTS) is 1. The molecule has 0 bridgehead atoms. The Hall–Kier alpha value is -1.26. The summed E-state index contributed by atoms with van der Waals surface area (Å²) in [7, 11) is 2.99. The maximum Gasteiger partial charge on any atom is 0.313 e. The van der Waals surface area contributed by atoms with Gasteiger partial charge in [-0.25, -0.2) is 0 Å². The summed E-state index contributed by atoms with van der Waals surface area (Å²) in [5, 5.41) is 9.54. The number of methoxy groups -OCH3 is 2. The minimum absolute atomic E-state index is 0.110. The molecule has 0 radical (unpaired) electrons. The first-order valence-electron chi connectivity index (χ1n) is 5.07. The van der Waals surface area contributed by atoms with Gasteiger partial charge in [0.1, 0.15) is 11.7 Å². The lowest BCUT2D eigenvalue weighted by Crippen LogP contribution is -2.18. The van der Waals surface area contributed by atoms with Gasteiger partial charge in [0.05, 0.1) is 18.7 Å². The van der Waals surface area contributed by atoms with E-state index in [0.29, 0.717) is 16.3 Å². The first-order valence-corrected chi connectivity index (χ1v) is 5.44. The van der Waals surface area contributed by atoms with E-state index < -0.39 is 11.9 Å². The largest absolute Gasteiger partial charge is 0.495 e. The summed E-state index contributed by atoms with van der Waals surface area (Å²) >= 11 is 5.99. The smallest absolute Gasteiger partial charge is 0.313 e. The van der Waals surface area contributed by atoms with Crippen LogP contribution in [0.5, 0.6) is 5.75 Å². The predicted molar refractivity (Wildman–Crippen MR) is 65.0 cm³/mol. The lowest BCUT2D eigenvalue weighted by atomic mass is 9.95. The molecule has 0 fully saturated rings. The van der Waals surface area contributed by atoms with Crippen molar-refractivity contribution in [2.45, 2.75) is 12.8 Å². The number of ether oxygens (including phenoxy) is 2. The van der Waals surface area contributed by atoms with E-state index in [9.17, 15) is 4.79 Å². The van der Waals surface area contributed by atoms with Crippen LogP contribution in [0, 0.1) is 6.92 Å². The Labute approximate surface area is 105 Å². The zero-order valence-electron chi connectivity index (χ0n) is 9.99. The molecule has 0 spiro atoms. The van der Waals surface area contributed by atoms with Crippen LogP contribution in [0.15, 0.2) is 12.1 Å². The molecule has 0 heterocycles. The third-order valence-corrected chi connectivity index (χ3v) is 2.84. The molecule has 0 aliphatic carbocycles. The SMILES string of the molecule is COCC(C(=O)O)c1cc(Cl)c(OC)cc1C. The second kappa shape index (κ2) is 5.89. The molecule has 4 nitrogen and oxygen atoms in total. The standard InChI is InChI=1S/C12H15ClO4/c1-7-4-11(17-3)10(13)5-8(7)9(6-16-2)12(14)15/h4-5,9H,6H2,1-3H3,(H,14,15). The summed E-state index contributed by atoms with van der Waals surface area (Å²) in [6.07, 6.45) is 0. The number of aliphatic carboxylic acids is 1. The van der Waals surface area contributed by atoms with E-state index >= 15 is 0 Å². The molecule has 94 valence electrons. The van der Waals surface area contributed by atoms with Crippen LogP contribution in [0.1, 0.15) is 17.0 Å². The molecule has 1 atom stereocenters. The molecule has 0 aromatic heterocycles. The van der Waals surface area contributed by atoms with Crippen molar-refractivity contribution in [3.8, 4) is 5.75 Å². The van der Waals surface area contributed by atoms with Crippen molar-refractivity contribution >= 4 is 17.6 Å². The number of rotatable bonds is 5. The van der Waals surface area contributed by atoms with Gasteiger partial charge in [-0.2, -0.15) is 0 Å². The lowest BCUT2D eigenvalue weighted by molar-refractivity contribution is -0.140. The molecule has 1 rings (SSSR count). The van der Waals surface area contributed by atoms with E-state index in [1.165, 1.54) is 14.2 Å². The predicted octanol–water partition coefficient (Wildman–Crippen LogP) is 2.47. The first-order chi connectivity index (χ1) is 8.01. The van der Waals surface area contributed by atoms with Crippen molar-refractivity contribution in [3.63, 3.8) is 0 Å². The third kappa shape index (κ3) is 3.11. The average Bonchev–Trinajstić information content (AvgIpc) is 2.28. The van der Waals surface area contributed by atoms with Crippen LogP contribution in [0.2, 0.25) is 5.02 Å². The normalized spacial score (nSPS) is 12.2. The minimum Gasteiger partial charge on any atom is -0.495 e. The summed E-state index contributed by atoms with van der Waals surface area (Å²) in [5.41, 5.74) is 1.46. The van der Waals surface area contributed by atoms with Gasteiger partial charge in [0.25, 0.3) is 0 Å². The molecule has 0 aliphatic heterocycles. The van der Waals surface area contributed by atoms with Crippen molar-refractivity contribution in [1.82, 2.24) is 0 Å². The van der Waals surface area contributed by atoms with E-state index in [0.717, 1.165) is 5.56 Å². The van der Waals surface area contributed by atoms with Gasteiger partial charge in [0.15, 0.2) is 0 Å². The molecule has 0 saturated carbocycles. The monoisotopic (exact) mass is 258 g/mol. The molecule has 5 heteroatoms. The van der Waals surface area contributed by atoms with Gasteiger partial charge >= 0.3 is 5.97 Å². The summed E-state index contributed by atoms with van der Waals surface area (Å²) in [5.74, 6) is -1.12. The number of hydrogen-bond acceptors (Lipinski definition) is 3. The average molecular weight is 259 g/mol. The highest BCUT2D eigenvalue weighted by molar-refractivity contribution is 6.32. The van der Waals surface area contributed by atoms with E-state index in [1.807, 2.05) is 6.92 Å². The molecule has 0 saturated heterocycles. The summed E-state index contributed by atoms with van der Waals surface area (Å²) in [6.45, 7) is 1.93. The molecule has 1 aromatic carbocycles. The van der Waals surface area contributed by atoms with Gasteiger partial charge in [0.2, 0.25) is 0 Å². The Balaban J connectivity index is 3.20. The van der Waals surface area contributed by atoms with E-state index in [1.54, 1.807) is 12.1 Å². The fourth-order valence-electron chi connectivity index (χ4n) is 1.66. The molecule has 1 aromatic rings. The number of halogens is 1. The van der Waals surface area contributed by atoms with Crippen LogP contribution in [0.25, 0.3) is 0 Å². The Kier molecular flexibility index (Phi) is 4.78. The number of aryl methyl sites for hydroxylation is 1. The van der Waals surface area contributed by atoms with Crippen molar-refractivity contribution in [2.75, 3.05) is 20.8 Å². The second-order valence-electron chi connectivity index (χ2n) is 3.69. The Bertz CT molecular complexity index is 417. The van der Waals surface area contributed by atoms with Gasteiger partial charge in [-0.05, 0) is 30.2 Å². The third-order valence-electron chi connectivity index (χ3n) is 2.55. The number of hydrogen-bond donors (Lipinski definition) is 1. The highest BCUT2D eigenvalue weighted by Gasteiger charge is 2.22. The highest BCUT2D eigenvalue weighted by atomic mass is 35.5. The van der Waals surface area contributed by atoms with Gasteiger partial charge in [-0.1, -0.05) is 11.6 Å². The van der Waals surface area contributed by atoms with Crippen molar-refractivity contribution in [3.05, 3.63) is 28.3 Å². The van der Waals surface area contributed by atoms with Gasteiger partial charge in [-0.3, -0.25) is 4.79 Å². The van der Waals surface area contributed by atoms with Crippen LogP contribution < -0.4 is 4.74 Å². The van der Waals surface area contributed by atoms with Gasteiger partial charge in [-0.15, -0.1) is 0 Å². The quantitative estimate of drug-likeness (QED) is 0.882. The molecule has 1 unspecified atom stereocenters. The highest BCUT2D eigenvalue weighted by Crippen LogP contribution is 2.31. The minimum atomic E-state index is -0.934. The van der Waals surface area contributed by atoms with Crippen molar-refractivity contribution < 1.29 is 19.4 Å². The Morgan fingerprint density at radius 2 is 2.12 bits per heavy atom. The first kappa shape index (κ1) is 13.8. The van der Waals surface area contributed by atoms with E-state index in [2.05, 4.69) is 0 Å². The number of carboxylic acids is 1. The number of carbonyl (C=O) groups is 1. The van der Waals surface area contributed by atoms with Gasteiger partial charge in [0, 0.05) is 7.11 Å². The van der Waals surface area contributed by atoms with E-state index in [-0.39, 0.29) is 6.61 Å². The lowest BCUT2D eigenvalue weighted by Gasteiger charge is -2.16. The fourth-order valence-corrected chi connectivity index (χ4v) is 1.91. The van der Waals surface area contributed by atoms with Crippen molar-refractivity contribution in [2.24, 2.45) is 0 Å². The molecule has 0 amide bonds. The zero-order chi connectivity index (χ0) is 13.0. The number of benzene rings is 1. The van der Waals surface area contributed by atoms with Gasteiger partial charge < -0.3 is 14.6 Å². The molecular formula is C12H15ClO4. The topological polar surface area (TPSA) is 55.8 Å². The van der Waals surface area contributed by atoms with Crippen LogP contribution in [-0.2, 0) is 9.53 Å². The van der Waals surface area contributed by atoms with Crippen LogP contribution in [0.3, 0.4) is 0 Å². The summed E-state index contributed by atoms with van der Waals surface area (Å²) in [4.78, 5) is 11.2. The summed E-state index contributed by atoms with van der Waals surface area (Å²) < 4.78 is 9.99. The fraction of sp³-hybridized carbons (Fsp3) is 0.417.